The monoisotopic (exact) mass is 605 g/mol. The summed E-state index contributed by atoms with van der Waals surface area (Å²) in [5.41, 5.74) is 8.80. The van der Waals surface area contributed by atoms with Crippen molar-refractivity contribution in [2.45, 2.75) is 45.0 Å². The van der Waals surface area contributed by atoms with Gasteiger partial charge in [0.15, 0.2) is 5.79 Å². The number of halogens is 1. The number of piperazine rings is 1. The molecule has 9 heteroatoms. The number of hydrazine groups is 1. The molecule has 2 fully saturated rings. The Morgan fingerprint density at radius 3 is 2.26 bits per heavy atom. The average molecular weight is 606 g/mol. The molecule has 3 aromatic carbocycles. The van der Waals surface area contributed by atoms with Gasteiger partial charge >= 0.3 is 0 Å². The van der Waals surface area contributed by atoms with Crippen molar-refractivity contribution in [3.8, 4) is 5.75 Å². The van der Waals surface area contributed by atoms with E-state index >= 15 is 0 Å². The van der Waals surface area contributed by atoms with Crippen molar-refractivity contribution in [1.29, 1.82) is 5.41 Å². The molecule has 0 aliphatic carbocycles. The SMILES string of the molecule is CCc1ccc(C2(CCCN(C=N)NC)OCC(COc3ccc(N4CCN(c5ccc(C)cc5)CC4)cc3)O2)c(Cl)c1. The van der Waals surface area contributed by atoms with Crippen LogP contribution in [0.25, 0.3) is 0 Å². The standard InChI is InChI=1S/C34H44ClN5O3/c1-4-27-8-15-32(33(35)22-27)34(16-5-17-40(25-36)37-3)42-24-31(43-34)23-41-30-13-11-29(12-14-30)39-20-18-38(19-21-39)28-9-6-26(2)7-10-28/h6-15,22,25,31,36-37H,4-5,16-21,23-24H2,1-3H3. The van der Waals surface area contributed by atoms with Crippen molar-refractivity contribution < 1.29 is 14.2 Å². The van der Waals surface area contributed by atoms with Crippen molar-refractivity contribution in [3.05, 3.63) is 88.4 Å². The van der Waals surface area contributed by atoms with E-state index in [1.165, 1.54) is 28.8 Å². The topological polar surface area (TPSA) is 73.3 Å². The summed E-state index contributed by atoms with van der Waals surface area (Å²) < 4.78 is 19.2. The molecule has 2 atom stereocenters. The van der Waals surface area contributed by atoms with Gasteiger partial charge in [-0.25, -0.2) is 5.43 Å². The van der Waals surface area contributed by atoms with Crippen LogP contribution in [0.4, 0.5) is 11.4 Å². The van der Waals surface area contributed by atoms with E-state index in [0.717, 1.165) is 50.3 Å². The zero-order valence-corrected chi connectivity index (χ0v) is 26.3. The number of ether oxygens (including phenoxy) is 3. The number of hydrogen-bond acceptors (Lipinski definition) is 7. The lowest BCUT2D eigenvalue weighted by molar-refractivity contribution is -0.185. The van der Waals surface area contributed by atoms with Gasteiger partial charge in [0.2, 0.25) is 0 Å². The van der Waals surface area contributed by atoms with Gasteiger partial charge in [0.05, 0.1) is 12.9 Å². The number of anilines is 2. The summed E-state index contributed by atoms with van der Waals surface area (Å²) in [4.78, 5) is 4.88. The summed E-state index contributed by atoms with van der Waals surface area (Å²) in [6.45, 7) is 9.64. The lowest BCUT2D eigenvalue weighted by atomic mass is 9.98. The Balaban J connectivity index is 1.17. The van der Waals surface area contributed by atoms with E-state index < -0.39 is 5.79 Å². The molecule has 2 aliphatic heterocycles. The fourth-order valence-electron chi connectivity index (χ4n) is 5.79. The van der Waals surface area contributed by atoms with Gasteiger partial charge in [-0.2, -0.15) is 0 Å². The molecule has 2 aliphatic rings. The van der Waals surface area contributed by atoms with E-state index in [2.05, 4.69) is 71.5 Å². The Hall–Kier alpha value is -3.30. The number of aryl methyl sites for hydroxylation is 2. The maximum Gasteiger partial charge on any atom is 0.196 e. The maximum atomic E-state index is 7.56. The first-order valence-electron chi connectivity index (χ1n) is 15.3. The van der Waals surface area contributed by atoms with Gasteiger partial charge in [-0.1, -0.05) is 48.4 Å². The molecular weight excluding hydrogens is 562 g/mol. The van der Waals surface area contributed by atoms with Crippen LogP contribution in [0.3, 0.4) is 0 Å². The van der Waals surface area contributed by atoms with Crippen molar-refractivity contribution in [3.63, 3.8) is 0 Å². The van der Waals surface area contributed by atoms with Crippen molar-refractivity contribution in [2.75, 3.05) is 62.8 Å². The molecule has 2 N–H and O–H groups in total. The largest absolute Gasteiger partial charge is 0.491 e. The molecule has 5 rings (SSSR count). The lowest BCUT2D eigenvalue weighted by Gasteiger charge is -2.37. The number of rotatable bonds is 13. The third-order valence-electron chi connectivity index (χ3n) is 8.38. The van der Waals surface area contributed by atoms with E-state index in [4.69, 9.17) is 31.2 Å². The minimum atomic E-state index is -0.955. The highest BCUT2D eigenvalue weighted by Gasteiger charge is 2.44. The molecule has 0 amide bonds. The Morgan fingerprint density at radius 2 is 1.67 bits per heavy atom. The van der Waals surface area contributed by atoms with E-state index in [9.17, 15) is 0 Å². The smallest absolute Gasteiger partial charge is 0.196 e. The van der Waals surface area contributed by atoms with Crippen molar-refractivity contribution in [2.24, 2.45) is 0 Å². The van der Waals surface area contributed by atoms with Crippen LogP contribution in [0.15, 0.2) is 66.7 Å². The molecule has 230 valence electrons. The summed E-state index contributed by atoms with van der Waals surface area (Å²) in [5, 5.41) is 9.93. The minimum absolute atomic E-state index is 0.236. The molecule has 0 radical (unpaired) electrons. The minimum Gasteiger partial charge on any atom is -0.491 e. The van der Waals surface area contributed by atoms with E-state index in [1.54, 1.807) is 12.1 Å². The second-order valence-electron chi connectivity index (χ2n) is 11.2. The molecular formula is C34H44ClN5O3. The molecule has 43 heavy (non-hydrogen) atoms. The highest BCUT2D eigenvalue weighted by atomic mass is 35.5. The Kier molecular flexibility index (Phi) is 10.5. The number of benzene rings is 3. The van der Waals surface area contributed by atoms with Crippen LogP contribution in [0, 0.1) is 12.3 Å². The second kappa shape index (κ2) is 14.4. The van der Waals surface area contributed by atoms with Gasteiger partial charge in [-0.05, 0) is 67.8 Å². The molecule has 8 nitrogen and oxygen atoms in total. The Morgan fingerprint density at radius 1 is 1.02 bits per heavy atom. The summed E-state index contributed by atoms with van der Waals surface area (Å²) in [5.74, 6) is -0.146. The van der Waals surface area contributed by atoms with E-state index in [1.807, 2.05) is 24.3 Å². The Bertz CT molecular complexity index is 1330. The number of hydrogen-bond donors (Lipinski definition) is 2. The zero-order chi connectivity index (χ0) is 30.2. The maximum absolute atomic E-state index is 7.56. The predicted octanol–water partition coefficient (Wildman–Crippen LogP) is 6.01. The summed E-state index contributed by atoms with van der Waals surface area (Å²) in [7, 11) is 1.80. The highest BCUT2D eigenvalue weighted by molar-refractivity contribution is 6.31. The van der Waals surface area contributed by atoms with Crippen LogP contribution in [-0.2, 0) is 21.7 Å². The van der Waals surface area contributed by atoms with E-state index in [0.29, 0.717) is 31.2 Å². The first-order valence-corrected chi connectivity index (χ1v) is 15.7. The molecule has 0 bridgehead atoms. The second-order valence-corrected chi connectivity index (χ2v) is 11.6. The predicted molar refractivity (Wildman–Crippen MR) is 175 cm³/mol. The van der Waals surface area contributed by atoms with Gasteiger partial charge < -0.3 is 24.0 Å². The van der Waals surface area contributed by atoms with Crippen LogP contribution in [0.5, 0.6) is 5.75 Å². The molecule has 0 aromatic heterocycles. The van der Waals surface area contributed by atoms with Crippen LogP contribution in [0.1, 0.15) is 36.5 Å². The van der Waals surface area contributed by atoms with Crippen LogP contribution < -0.4 is 20.0 Å². The lowest BCUT2D eigenvalue weighted by Crippen LogP contribution is -2.46. The first-order chi connectivity index (χ1) is 20.9. The van der Waals surface area contributed by atoms with Crippen molar-refractivity contribution >= 4 is 29.3 Å². The fourth-order valence-corrected chi connectivity index (χ4v) is 6.13. The van der Waals surface area contributed by atoms with Crippen LogP contribution in [0.2, 0.25) is 5.02 Å². The summed E-state index contributed by atoms with van der Waals surface area (Å²) in [6, 6.07) is 23.2. The third-order valence-corrected chi connectivity index (χ3v) is 8.69. The van der Waals surface area contributed by atoms with Gasteiger partial charge in [0.25, 0.3) is 0 Å². The van der Waals surface area contributed by atoms with Crippen LogP contribution >= 0.6 is 11.6 Å². The first kappa shape index (κ1) is 31.1. The van der Waals surface area contributed by atoms with E-state index in [-0.39, 0.29) is 6.10 Å². The molecule has 0 spiro atoms. The number of nitrogens with one attached hydrogen (secondary N) is 2. The van der Waals surface area contributed by atoms with Gasteiger partial charge in [-0.15, -0.1) is 0 Å². The average Bonchev–Trinajstić information content (AvgIpc) is 3.46. The van der Waals surface area contributed by atoms with Crippen LogP contribution in [-0.4, -0.2) is 70.4 Å². The molecule has 2 heterocycles. The fraction of sp³-hybridized carbons (Fsp3) is 0.441. The molecule has 2 saturated heterocycles. The van der Waals surface area contributed by atoms with Crippen molar-refractivity contribution in [1.82, 2.24) is 10.4 Å². The zero-order valence-electron chi connectivity index (χ0n) is 25.5. The normalized spacial score (nSPS) is 20.3. The summed E-state index contributed by atoms with van der Waals surface area (Å²) in [6.07, 6.45) is 3.30. The third kappa shape index (κ3) is 7.62. The van der Waals surface area contributed by atoms with Gasteiger partial charge in [0.1, 0.15) is 18.5 Å². The molecule has 0 saturated carbocycles. The Labute approximate surface area is 261 Å². The summed E-state index contributed by atoms with van der Waals surface area (Å²) >= 11 is 6.76. The quantitative estimate of drug-likeness (QED) is 0.140. The number of nitrogens with zero attached hydrogens (tertiary/aromatic N) is 3. The van der Waals surface area contributed by atoms with Gasteiger partial charge in [0, 0.05) is 68.2 Å². The molecule has 3 aromatic rings. The van der Waals surface area contributed by atoms with Gasteiger partial charge in [-0.3, -0.25) is 10.4 Å². The highest BCUT2D eigenvalue weighted by Crippen LogP contribution is 2.42. The molecule has 2 unspecified atom stereocenters.